The molecule has 0 aromatic heterocycles. The number of carbonyl (C=O) groups excluding carboxylic acids is 1. The summed E-state index contributed by atoms with van der Waals surface area (Å²) in [6, 6.07) is 8.00. The van der Waals surface area contributed by atoms with Crippen molar-refractivity contribution in [2.75, 3.05) is 27.2 Å². The van der Waals surface area contributed by atoms with E-state index in [1.807, 2.05) is 24.3 Å². The molecule has 0 saturated carbocycles. The first-order chi connectivity index (χ1) is 10.1. The molecule has 1 aromatic carbocycles. The van der Waals surface area contributed by atoms with Gasteiger partial charge in [0.05, 0.1) is 19.2 Å². The fourth-order valence-corrected chi connectivity index (χ4v) is 2.21. The van der Waals surface area contributed by atoms with Crippen LogP contribution in [0.3, 0.4) is 0 Å². The molecule has 2 rings (SSSR count). The lowest BCUT2D eigenvalue weighted by Crippen LogP contribution is -2.37. The summed E-state index contributed by atoms with van der Waals surface area (Å²) in [5.74, 6) is 1.29. The number of carbonyl (C=O) groups is 1. The second-order valence-corrected chi connectivity index (χ2v) is 5.18. The fourth-order valence-electron chi connectivity index (χ4n) is 2.21. The van der Waals surface area contributed by atoms with Crippen LogP contribution in [0.4, 0.5) is 0 Å². The van der Waals surface area contributed by atoms with Gasteiger partial charge in [0, 0.05) is 32.5 Å². The van der Waals surface area contributed by atoms with Crippen LogP contribution in [0, 0.1) is 0 Å². The zero-order chi connectivity index (χ0) is 15.2. The van der Waals surface area contributed by atoms with Crippen LogP contribution < -0.4 is 15.8 Å². The van der Waals surface area contributed by atoms with Gasteiger partial charge >= 0.3 is 0 Å². The van der Waals surface area contributed by atoms with Gasteiger partial charge in [-0.25, -0.2) is 0 Å². The van der Waals surface area contributed by atoms with Crippen LogP contribution in [0.2, 0.25) is 0 Å². The van der Waals surface area contributed by atoms with Crippen molar-refractivity contribution < 1.29 is 9.53 Å². The Morgan fingerprint density at radius 3 is 2.91 bits per heavy atom. The zero-order valence-corrected chi connectivity index (χ0v) is 15.2. The highest BCUT2D eigenvalue weighted by Gasteiger charge is 2.21. The Hall–Kier alpha value is -1.51. The summed E-state index contributed by atoms with van der Waals surface area (Å²) in [6.07, 6.45) is 1.20. The maximum atomic E-state index is 11.5. The topological polar surface area (TPSA) is 80.0 Å². The number of halogens is 1. The highest BCUT2D eigenvalue weighted by Crippen LogP contribution is 2.31. The molecule has 1 unspecified atom stereocenters. The average Bonchev–Trinajstić information content (AvgIpc) is 2.47. The van der Waals surface area contributed by atoms with Crippen LogP contribution in [0.1, 0.15) is 24.4 Å². The van der Waals surface area contributed by atoms with Gasteiger partial charge in [-0.3, -0.25) is 9.79 Å². The Morgan fingerprint density at radius 1 is 1.45 bits per heavy atom. The van der Waals surface area contributed by atoms with Gasteiger partial charge in [-0.05, 0) is 6.07 Å². The largest absolute Gasteiger partial charge is 0.493 e. The lowest BCUT2D eigenvalue weighted by atomic mass is 10.0. The van der Waals surface area contributed by atoms with Crippen molar-refractivity contribution in [3.05, 3.63) is 29.8 Å². The van der Waals surface area contributed by atoms with E-state index < -0.39 is 0 Å². The standard InChI is InChI=1S/C15H22N4O2.HI/c1-19(2)14(20)7-9-17-15(16)18-12-8-10-21-13-6-4-3-5-11(12)13;/h3-6,12H,7-10H2,1-2H3,(H3,16,17,18);1H. The van der Waals surface area contributed by atoms with E-state index in [2.05, 4.69) is 10.3 Å². The number of amides is 1. The van der Waals surface area contributed by atoms with E-state index in [1.165, 1.54) is 0 Å². The first-order valence-corrected chi connectivity index (χ1v) is 7.06. The van der Waals surface area contributed by atoms with Crippen LogP contribution in [0.25, 0.3) is 0 Å². The molecule has 0 fully saturated rings. The summed E-state index contributed by atoms with van der Waals surface area (Å²) in [4.78, 5) is 17.2. The second kappa shape index (κ2) is 8.82. The maximum absolute atomic E-state index is 11.5. The summed E-state index contributed by atoms with van der Waals surface area (Å²) in [5, 5.41) is 3.20. The molecule has 1 aliphatic rings. The number of rotatable bonds is 4. The molecule has 1 atom stereocenters. The Kier molecular flexibility index (Phi) is 7.43. The maximum Gasteiger partial charge on any atom is 0.223 e. The molecule has 22 heavy (non-hydrogen) atoms. The molecule has 0 radical (unpaired) electrons. The number of nitrogens with zero attached hydrogens (tertiary/aromatic N) is 2. The second-order valence-electron chi connectivity index (χ2n) is 5.18. The zero-order valence-electron chi connectivity index (χ0n) is 12.9. The highest BCUT2D eigenvalue weighted by molar-refractivity contribution is 14.0. The van der Waals surface area contributed by atoms with E-state index >= 15 is 0 Å². The summed E-state index contributed by atoms with van der Waals surface area (Å²) < 4.78 is 5.60. The Balaban J connectivity index is 0.00000242. The lowest BCUT2D eigenvalue weighted by Gasteiger charge is -2.26. The van der Waals surface area contributed by atoms with Gasteiger partial charge in [0.1, 0.15) is 5.75 Å². The molecule has 7 heteroatoms. The van der Waals surface area contributed by atoms with Crippen LogP contribution >= 0.6 is 24.0 Å². The molecule has 3 N–H and O–H groups in total. The Morgan fingerprint density at radius 2 is 2.18 bits per heavy atom. The quantitative estimate of drug-likeness (QED) is 0.442. The van der Waals surface area contributed by atoms with Gasteiger partial charge in [-0.1, -0.05) is 18.2 Å². The highest BCUT2D eigenvalue weighted by atomic mass is 127. The minimum Gasteiger partial charge on any atom is -0.493 e. The monoisotopic (exact) mass is 418 g/mol. The third-order valence-corrected chi connectivity index (χ3v) is 3.39. The van der Waals surface area contributed by atoms with Crippen molar-refractivity contribution in [1.82, 2.24) is 10.2 Å². The van der Waals surface area contributed by atoms with Crippen LogP contribution in [0.15, 0.2) is 29.3 Å². The van der Waals surface area contributed by atoms with Crippen molar-refractivity contribution in [2.45, 2.75) is 18.9 Å². The number of guanidine groups is 1. The molecule has 0 bridgehead atoms. The van der Waals surface area contributed by atoms with Gasteiger partial charge in [-0.2, -0.15) is 0 Å². The number of hydrogen-bond donors (Lipinski definition) is 2. The Labute approximate surface area is 148 Å². The molecule has 0 aliphatic carbocycles. The third-order valence-electron chi connectivity index (χ3n) is 3.39. The number of benzene rings is 1. The molecular weight excluding hydrogens is 395 g/mol. The van der Waals surface area contributed by atoms with Crippen molar-refractivity contribution in [2.24, 2.45) is 10.7 Å². The third kappa shape index (κ3) is 5.04. The first kappa shape index (κ1) is 18.5. The first-order valence-electron chi connectivity index (χ1n) is 7.06. The molecule has 122 valence electrons. The van der Waals surface area contributed by atoms with E-state index in [0.717, 1.165) is 17.7 Å². The summed E-state index contributed by atoms with van der Waals surface area (Å²) in [5.41, 5.74) is 6.99. The molecule has 6 nitrogen and oxygen atoms in total. The normalized spacial score (nSPS) is 16.8. The molecule has 1 amide bonds. The summed E-state index contributed by atoms with van der Waals surface area (Å²) in [7, 11) is 3.46. The number of hydrogen-bond acceptors (Lipinski definition) is 3. The Bertz CT molecular complexity index is 534. The van der Waals surface area contributed by atoms with Gasteiger partial charge < -0.3 is 20.7 Å². The average molecular weight is 418 g/mol. The number of fused-ring (bicyclic) bond motifs is 1. The number of ether oxygens (including phenoxy) is 1. The molecule has 0 saturated heterocycles. The van der Waals surface area contributed by atoms with Crippen LogP contribution in [-0.2, 0) is 4.79 Å². The minimum atomic E-state index is 0. The van der Waals surface area contributed by atoms with Crippen molar-refractivity contribution in [1.29, 1.82) is 0 Å². The molecule has 0 spiro atoms. The van der Waals surface area contributed by atoms with E-state index in [0.29, 0.717) is 25.5 Å². The number of nitrogens with one attached hydrogen (secondary N) is 1. The van der Waals surface area contributed by atoms with E-state index in [-0.39, 0.29) is 35.9 Å². The van der Waals surface area contributed by atoms with Crippen molar-refractivity contribution >= 4 is 35.8 Å². The molecule has 1 aromatic rings. The van der Waals surface area contributed by atoms with E-state index in [4.69, 9.17) is 10.5 Å². The minimum absolute atomic E-state index is 0. The van der Waals surface area contributed by atoms with Gasteiger partial charge in [0.15, 0.2) is 5.96 Å². The van der Waals surface area contributed by atoms with E-state index in [9.17, 15) is 4.79 Å². The van der Waals surface area contributed by atoms with Crippen molar-refractivity contribution in [3.8, 4) is 5.75 Å². The van der Waals surface area contributed by atoms with Crippen molar-refractivity contribution in [3.63, 3.8) is 0 Å². The predicted molar refractivity (Wildman–Crippen MR) is 97.6 cm³/mol. The SMILES string of the molecule is CN(C)C(=O)CCN=C(N)NC1CCOc2ccccc21.I. The summed E-state index contributed by atoms with van der Waals surface area (Å²) >= 11 is 0. The van der Waals surface area contributed by atoms with Gasteiger partial charge in [0.25, 0.3) is 0 Å². The number of nitrogens with two attached hydrogens (primary N) is 1. The predicted octanol–water partition coefficient (Wildman–Crippen LogP) is 1.51. The van der Waals surface area contributed by atoms with E-state index in [1.54, 1.807) is 19.0 Å². The molecular formula is C15H23IN4O2. The molecule has 1 aliphatic heterocycles. The number of para-hydroxylation sites is 1. The van der Waals surface area contributed by atoms with Crippen LogP contribution in [-0.4, -0.2) is 44.0 Å². The van der Waals surface area contributed by atoms with Gasteiger partial charge in [0.2, 0.25) is 5.91 Å². The fraction of sp³-hybridized carbons (Fsp3) is 0.467. The van der Waals surface area contributed by atoms with Crippen LogP contribution in [0.5, 0.6) is 5.75 Å². The number of aliphatic imine (C=N–C) groups is 1. The summed E-state index contributed by atoms with van der Waals surface area (Å²) in [6.45, 7) is 1.04. The molecule has 1 heterocycles. The smallest absolute Gasteiger partial charge is 0.223 e. The van der Waals surface area contributed by atoms with Gasteiger partial charge in [-0.15, -0.1) is 24.0 Å². The lowest BCUT2D eigenvalue weighted by molar-refractivity contribution is -0.128.